The van der Waals surface area contributed by atoms with Crippen LogP contribution in [-0.2, 0) is 12.8 Å². The number of rotatable bonds is 9. The summed E-state index contributed by atoms with van der Waals surface area (Å²) in [5.74, 6) is 0.122. The van der Waals surface area contributed by atoms with E-state index in [0.29, 0.717) is 12.1 Å². The fourth-order valence-corrected chi connectivity index (χ4v) is 4.87. The van der Waals surface area contributed by atoms with E-state index in [1.165, 1.54) is 29.7 Å². The van der Waals surface area contributed by atoms with Crippen LogP contribution in [-0.4, -0.2) is 36.9 Å². The van der Waals surface area contributed by atoms with Crippen LogP contribution in [0.2, 0.25) is 0 Å². The average Bonchev–Trinajstić information content (AvgIpc) is 3.33. The van der Waals surface area contributed by atoms with Crippen LogP contribution >= 0.6 is 11.3 Å². The summed E-state index contributed by atoms with van der Waals surface area (Å²) < 4.78 is 0. The number of thiazole rings is 1. The number of aryl methyl sites for hydroxylation is 2. The summed E-state index contributed by atoms with van der Waals surface area (Å²) in [7, 11) is 0. The molecule has 1 saturated heterocycles. The van der Waals surface area contributed by atoms with Crippen molar-refractivity contribution in [2.75, 3.05) is 31.1 Å². The first kappa shape index (κ1) is 21.7. The number of nitrogens with one attached hydrogen (secondary N) is 1. The first-order valence-electron chi connectivity index (χ1n) is 11.4. The van der Waals surface area contributed by atoms with Crippen molar-refractivity contribution in [1.82, 2.24) is 10.3 Å². The lowest BCUT2D eigenvalue weighted by Gasteiger charge is -2.31. The molecule has 0 bridgehead atoms. The Balaban J connectivity index is 1.39. The SMILES string of the molecule is CCCCc1ccc(-c2nc(C(=O)CCc3ccccc3N3CCNCC3)cs2)cc1. The van der Waals surface area contributed by atoms with Crippen molar-refractivity contribution in [3.8, 4) is 10.6 Å². The lowest BCUT2D eigenvalue weighted by Crippen LogP contribution is -2.43. The summed E-state index contributed by atoms with van der Waals surface area (Å²) in [6, 6.07) is 17.1. The zero-order valence-corrected chi connectivity index (χ0v) is 19.1. The number of hydrogen-bond donors (Lipinski definition) is 1. The highest BCUT2D eigenvalue weighted by atomic mass is 32.1. The lowest BCUT2D eigenvalue weighted by atomic mass is 10.0. The average molecular weight is 434 g/mol. The Morgan fingerprint density at radius 2 is 1.84 bits per heavy atom. The molecule has 1 aliphatic rings. The van der Waals surface area contributed by atoms with E-state index in [-0.39, 0.29) is 5.78 Å². The van der Waals surface area contributed by atoms with Gasteiger partial charge in [-0.15, -0.1) is 11.3 Å². The first-order valence-corrected chi connectivity index (χ1v) is 12.2. The summed E-state index contributed by atoms with van der Waals surface area (Å²) >= 11 is 1.56. The van der Waals surface area contributed by atoms with Crippen molar-refractivity contribution in [2.45, 2.75) is 39.0 Å². The molecule has 31 heavy (non-hydrogen) atoms. The number of anilines is 1. The van der Waals surface area contributed by atoms with E-state index >= 15 is 0 Å². The Bertz CT molecular complexity index is 990. The largest absolute Gasteiger partial charge is 0.369 e. The van der Waals surface area contributed by atoms with E-state index in [9.17, 15) is 4.79 Å². The molecule has 5 heteroatoms. The van der Waals surface area contributed by atoms with Crippen LogP contribution in [0.1, 0.15) is 47.8 Å². The highest BCUT2D eigenvalue weighted by molar-refractivity contribution is 7.13. The Morgan fingerprint density at radius 1 is 1.06 bits per heavy atom. The van der Waals surface area contributed by atoms with Gasteiger partial charge in [0.25, 0.3) is 0 Å². The van der Waals surface area contributed by atoms with Gasteiger partial charge in [0.2, 0.25) is 0 Å². The molecule has 2 aromatic carbocycles. The van der Waals surface area contributed by atoms with E-state index in [4.69, 9.17) is 0 Å². The van der Waals surface area contributed by atoms with Crippen LogP contribution in [0.25, 0.3) is 10.6 Å². The van der Waals surface area contributed by atoms with Gasteiger partial charge in [0.05, 0.1) is 0 Å². The molecular formula is C26H31N3OS. The van der Waals surface area contributed by atoms with Crippen molar-refractivity contribution in [3.05, 3.63) is 70.7 Å². The van der Waals surface area contributed by atoms with Crippen molar-refractivity contribution >= 4 is 22.8 Å². The van der Waals surface area contributed by atoms with Crippen molar-refractivity contribution in [3.63, 3.8) is 0 Å². The van der Waals surface area contributed by atoms with Gasteiger partial charge in [-0.1, -0.05) is 55.8 Å². The number of piperazine rings is 1. The molecule has 0 spiro atoms. The summed E-state index contributed by atoms with van der Waals surface area (Å²) in [6.45, 7) is 6.25. The molecule has 0 atom stereocenters. The molecule has 4 nitrogen and oxygen atoms in total. The minimum atomic E-state index is 0.122. The minimum Gasteiger partial charge on any atom is -0.369 e. The number of benzene rings is 2. The van der Waals surface area contributed by atoms with E-state index in [1.807, 2.05) is 5.38 Å². The fraction of sp³-hybridized carbons (Fsp3) is 0.385. The van der Waals surface area contributed by atoms with E-state index in [1.54, 1.807) is 11.3 Å². The lowest BCUT2D eigenvalue weighted by molar-refractivity contribution is 0.0979. The zero-order chi connectivity index (χ0) is 21.5. The van der Waals surface area contributed by atoms with Crippen molar-refractivity contribution in [2.24, 2.45) is 0 Å². The molecule has 0 saturated carbocycles. The summed E-state index contributed by atoms with van der Waals surface area (Å²) in [5, 5.41) is 6.23. The van der Waals surface area contributed by atoms with Crippen LogP contribution in [0.3, 0.4) is 0 Å². The maximum Gasteiger partial charge on any atom is 0.182 e. The molecule has 1 N–H and O–H groups in total. The molecular weight excluding hydrogens is 402 g/mol. The van der Waals surface area contributed by atoms with Crippen LogP contribution in [0.4, 0.5) is 5.69 Å². The predicted octanol–water partition coefficient (Wildman–Crippen LogP) is 5.38. The quantitative estimate of drug-likeness (QED) is 0.460. The maximum atomic E-state index is 12.8. The molecule has 0 unspecified atom stereocenters. The second kappa shape index (κ2) is 10.7. The van der Waals surface area contributed by atoms with Crippen LogP contribution in [0.15, 0.2) is 53.9 Å². The minimum absolute atomic E-state index is 0.122. The van der Waals surface area contributed by atoms with Crippen molar-refractivity contribution < 1.29 is 4.79 Å². The second-order valence-corrected chi connectivity index (χ2v) is 8.99. The van der Waals surface area contributed by atoms with Gasteiger partial charge in [-0.2, -0.15) is 0 Å². The van der Waals surface area contributed by atoms with Gasteiger partial charge in [0.15, 0.2) is 5.78 Å². The van der Waals surface area contributed by atoms with Gasteiger partial charge in [0, 0.05) is 49.2 Å². The van der Waals surface area contributed by atoms with Crippen LogP contribution in [0.5, 0.6) is 0 Å². The Morgan fingerprint density at radius 3 is 2.61 bits per heavy atom. The highest BCUT2D eigenvalue weighted by Gasteiger charge is 2.16. The molecule has 0 amide bonds. The molecule has 1 aliphatic heterocycles. The van der Waals surface area contributed by atoms with Gasteiger partial charge < -0.3 is 10.2 Å². The third kappa shape index (κ3) is 5.60. The highest BCUT2D eigenvalue weighted by Crippen LogP contribution is 2.26. The summed E-state index contributed by atoms with van der Waals surface area (Å²) in [6.07, 6.45) is 4.78. The maximum absolute atomic E-state index is 12.8. The van der Waals surface area contributed by atoms with Gasteiger partial charge in [-0.25, -0.2) is 4.98 Å². The normalized spacial score (nSPS) is 14.0. The Labute approximate surface area is 189 Å². The molecule has 3 aromatic rings. The standard InChI is InChI=1S/C26H31N3OS/c1-2-3-6-20-9-11-22(12-10-20)26-28-23(19-31-26)25(30)14-13-21-7-4-5-8-24(21)29-17-15-27-16-18-29/h4-5,7-12,19,27H,2-3,6,13-18H2,1H3. The van der Waals surface area contributed by atoms with Gasteiger partial charge in [0.1, 0.15) is 10.7 Å². The number of carbonyl (C=O) groups excluding carboxylic acids is 1. The number of unbranched alkanes of at least 4 members (excludes halogenated alkanes) is 1. The van der Waals surface area contributed by atoms with Gasteiger partial charge in [-0.3, -0.25) is 4.79 Å². The summed E-state index contributed by atoms with van der Waals surface area (Å²) in [4.78, 5) is 19.9. The number of carbonyl (C=O) groups is 1. The van der Waals surface area contributed by atoms with E-state index in [0.717, 1.165) is 49.6 Å². The van der Waals surface area contributed by atoms with E-state index < -0.39 is 0 Å². The fourth-order valence-electron chi connectivity index (χ4n) is 4.04. The number of para-hydroxylation sites is 1. The Hall–Kier alpha value is -2.50. The molecule has 162 valence electrons. The van der Waals surface area contributed by atoms with Crippen LogP contribution in [0, 0.1) is 0 Å². The monoisotopic (exact) mass is 433 g/mol. The van der Waals surface area contributed by atoms with Gasteiger partial charge >= 0.3 is 0 Å². The number of Topliss-reactive ketones (excluding diaryl/α,β-unsaturated/α-hetero) is 1. The smallest absolute Gasteiger partial charge is 0.182 e. The molecule has 0 radical (unpaired) electrons. The number of aromatic nitrogens is 1. The number of ketones is 1. The molecule has 1 aromatic heterocycles. The molecule has 4 rings (SSSR count). The van der Waals surface area contributed by atoms with Crippen molar-refractivity contribution in [1.29, 1.82) is 0 Å². The predicted molar refractivity (Wildman–Crippen MR) is 130 cm³/mol. The molecule has 1 fully saturated rings. The van der Waals surface area contributed by atoms with Crippen LogP contribution < -0.4 is 10.2 Å². The third-order valence-electron chi connectivity index (χ3n) is 5.88. The van der Waals surface area contributed by atoms with Gasteiger partial charge in [-0.05, 0) is 36.5 Å². The molecule has 0 aliphatic carbocycles. The zero-order valence-electron chi connectivity index (χ0n) is 18.3. The topological polar surface area (TPSA) is 45.2 Å². The second-order valence-electron chi connectivity index (χ2n) is 8.13. The Kier molecular flexibility index (Phi) is 7.49. The van der Waals surface area contributed by atoms with E-state index in [2.05, 4.69) is 70.7 Å². The summed E-state index contributed by atoms with van der Waals surface area (Å²) in [5.41, 5.74) is 5.56. The third-order valence-corrected chi connectivity index (χ3v) is 6.77. The number of hydrogen-bond acceptors (Lipinski definition) is 5. The first-order chi connectivity index (χ1) is 15.2. The molecule has 2 heterocycles. The number of nitrogens with zero attached hydrogens (tertiary/aromatic N) is 2.